The van der Waals surface area contributed by atoms with Crippen molar-refractivity contribution in [1.29, 1.82) is 5.26 Å². The van der Waals surface area contributed by atoms with E-state index in [1.807, 2.05) is 30.3 Å². The summed E-state index contributed by atoms with van der Waals surface area (Å²) < 4.78 is 0. The average molecular weight is 229 g/mol. The summed E-state index contributed by atoms with van der Waals surface area (Å²) >= 11 is 0. The molecule has 1 aliphatic carbocycles. The van der Waals surface area contributed by atoms with Gasteiger partial charge in [-0.3, -0.25) is 0 Å². The Balaban J connectivity index is 2.36. The molecule has 0 unspecified atom stereocenters. The van der Waals surface area contributed by atoms with Crippen molar-refractivity contribution in [3.05, 3.63) is 71.8 Å². The van der Waals surface area contributed by atoms with Gasteiger partial charge in [0.05, 0.1) is 6.07 Å². The Kier molecular flexibility index (Phi) is 2.55. The van der Waals surface area contributed by atoms with Crippen LogP contribution in [0.2, 0.25) is 0 Å². The van der Waals surface area contributed by atoms with E-state index in [0.29, 0.717) is 0 Å². The summed E-state index contributed by atoms with van der Waals surface area (Å²) in [5, 5.41) is 8.89. The lowest BCUT2D eigenvalue weighted by atomic mass is 9.95. The van der Waals surface area contributed by atoms with Crippen LogP contribution in [0.3, 0.4) is 0 Å². The van der Waals surface area contributed by atoms with Crippen molar-refractivity contribution in [2.75, 3.05) is 0 Å². The summed E-state index contributed by atoms with van der Waals surface area (Å²) in [6.07, 6.45) is 5.67. The van der Waals surface area contributed by atoms with E-state index in [0.717, 1.165) is 11.1 Å². The molecule has 0 atom stereocenters. The summed E-state index contributed by atoms with van der Waals surface area (Å²) in [5.74, 6) is 0. The smallest absolute Gasteiger partial charge is 0.0918 e. The maximum Gasteiger partial charge on any atom is 0.0918 e. The highest BCUT2D eigenvalue weighted by Crippen LogP contribution is 2.35. The molecule has 2 aromatic rings. The predicted octanol–water partition coefficient (Wildman–Crippen LogP) is 4.29. The van der Waals surface area contributed by atoms with Crippen LogP contribution in [0, 0.1) is 11.3 Å². The molecule has 1 nitrogen and oxygen atoms in total. The molecule has 0 bridgehead atoms. The minimum absolute atomic E-state index is 0.962. The number of nitriles is 1. The molecule has 0 N–H and O–H groups in total. The molecule has 18 heavy (non-hydrogen) atoms. The predicted molar refractivity (Wildman–Crippen MR) is 74.5 cm³/mol. The molecule has 1 heteroatoms. The van der Waals surface area contributed by atoms with Crippen LogP contribution in [-0.2, 0) is 0 Å². The Bertz CT molecular complexity index is 700. The first kappa shape index (κ1) is 10.6. The van der Waals surface area contributed by atoms with Gasteiger partial charge in [-0.25, -0.2) is 0 Å². The van der Waals surface area contributed by atoms with Crippen molar-refractivity contribution < 1.29 is 0 Å². The van der Waals surface area contributed by atoms with Gasteiger partial charge < -0.3 is 0 Å². The monoisotopic (exact) mass is 229 g/mol. The minimum atomic E-state index is 0.962. The minimum Gasteiger partial charge on any atom is -0.193 e. The zero-order chi connectivity index (χ0) is 12.4. The van der Waals surface area contributed by atoms with Crippen LogP contribution in [0.5, 0.6) is 0 Å². The highest BCUT2D eigenvalue weighted by molar-refractivity contribution is 5.94. The molecule has 0 fully saturated rings. The first-order chi connectivity index (χ1) is 8.90. The van der Waals surface area contributed by atoms with Crippen LogP contribution in [0.15, 0.2) is 60.7 Å². The summed E-state index contributed by atoms with van der Waals surface area (Å²) in [6.45, 7) is 0. The molecule has 0 heterocycles. The molecule has 2 aromatic carbocycles. The molecule has 0 aliphatic heterocycles. The van der Waals surface area contributed by atoms with Crippen LogP contribution in [-0.4, -0.2) is 0 Å². The largest absolute Gasteiger partial charge is 0.193 e. The van der Waals surface area contributed by atoms with Gasteiger partial charge in [0, 0.05) is 6.08 Å². The standard InChI is InChI=1S/C17H11N/c18-12-11-14-10-9-13-5-1-2-6-15(13)17-8-4-3-7-16(14)17/h1-11H. The number of hydrogen-bond donors (Lipinski definition) is 0. The van der Waals surface area contributed by atoms with Crippen LogP contribution in [0.1, 0.15) is 11.1 Å². The SMILES string of the molecule is N#CC=C1C=Cc2ccccc2-c2ccccc21. The van der Waals surface area contributed by atoms with Gasteiger partial charge in [-0.1, -0.05) is 60.7 Å². The topological polar surface area (TPSA) is 23.8 Å². The van der Waals surface area contributed by atoms with E-state index in [9.17, 15) is 0 Å². The van der Waals surface area contributed by atoms with Crippen molar-refractivity contribution in [3.63, 3.8) is 0 Å². The second-order valence-electron chi connectivity index (χ2n) is 4.19. The average Bonchev–Trinajstić information content (AvgIpc) is 2.58. The second-order valence-corrected chi connectivity index (χ2v) is 4.19. The van der Waals surface area contributed by atoms with E-state index in [1.165, 1.54) is 16.7 Å². The van der Waals surface area contributed by atoms with Crippen LogP contribution in [0.4, 0.5) is 0 Å². The normalized spacial score (nSPS) is 14.5. The number of allylic oxidation sites excluding steroid dienone is 3. The lowest BCUT2D eigenvalue weighted by Gasteiger charge is -2.09. The van der Waals surface area contributed by atoms with Crippen LogP contribution in [0.25, 0.3) is 22.8 Å². The van der Waals surface area contributed by atoms with Gasteiger partial charge in [0.2, 0.25) is 0 Å². The maximum absolute atomic E-state index is 8.89. The Labute approximate surface area is 106 Å². The van der Waals surface area contributed by atoms with E-state index in [2.05, 4.69) is 36.4 Å². The van der Waals surface area contributed by atoms with Gasteiger partial charge in [0.15, 0.2) is 0 Å². The molecule has 0 radical (unpaired) electrons. The van der Waals surface area contributed by atoms with Gasteiger partial charge in [-0.05, 0) is 27.8 Å². The molecule has 0 saturated heterocycles. The quantitative estimate of drug-likeness (QED) is 0.618. The highest BCUT2D eigenvalue weighted by atomic mass is 14.2. The van der Waals surface area contributed by atoms with Crippen LogP contribution < -0.4 is 0 Å². The number of benzene rings is 2. The Morgan fingerprint density at radius 1 is 0.778 bits per heavy atom. The van der Waals surface area contributed by atoms with E-state index < -0.39 is 0 Å². The summed E-state index contributed by atoms with van der Waals surface area (Å²) in [4.78, 5) is 0. The van der Waals surface area contributed by atoms with E-state index in [-0.39, 0.29) is 0 Å². The molecule has 0 spiro atoms. The van der Waals surface area contributed by atoms with Gasteiger partial charge in [-0.2, -0.15) is 5.26 Å². The van der Waals surface area contributed by atoms with Crippen molar-refractivity contribution >= 4 is 11.6 Å². The fourth-order valence-electron chi connectivity index (χ4n) is 2.32. The number of rotatable bonds is 0. The molecule has 84 valence electrons. The summed E-state index contributed by atoms with van der Waals surface area (Å²) in [6, 6.07) is 18.6. The molecular weight excluding hydrogens is 218 g/mol. The van der Waals surface area contributed by atoms with E-state index >= 15 is 0 Å². The number of nitrogens with zero attached hydrogens (tertiary/aromatic N) is 1. The van der Waals surface area contributed by atoms with Gasteiger partial charge in [0.1, 0.15) is 0 Å². The van der Waals surface area contributed by atoms with Gasteiger partial charge >= 0.3 is 0 Å². The van der Waals surface area contributed by atoms with Crippen LogP contribution >= 0.6 is 0 Å². The van der Waals surface area contributed by atoms with Crippen molar-refractivity contribution in [3.8, 4) is 17.2 Å². The van der Waals surface area contributed by atoms with Crippen molar-refractivity contribution in [2.24, 2.45) is 0 Å². The fourth-order valence-corrected chi connectivity index (χ4v) is 2.32. The molecule has 1 aliphatic rings. The third-order valence-electron chi connectivity index (χ3n) is 3.15. The molecule has 0 saturated carbocycles. The van der Waals surface area contributed by atoms with Crippen molar-refractivity contribution in [1.82, 2.24) is 0 Å². The van der Waals surface area contributed by atoms with E-state index in [4.69, 9.17) is 5.26 Å². The first-order valence-corrected chi connectivity index (χ1v) is 5.87. The molecule has 0 aromatic heterocycles. The summed E-state index contributed by atoms with van der Waals surface area (Å²) in [5.41, 5.74) is 5.65. The van der Waals surface area contributed by atoms with E-state index in [1.54, 1.807) is 6.08 Å². The number of hydrogen-bond acceptors (Lipinski definition) is 1. The third-order valence-corrected chi connectivity index (χ3v) is 3.15. The fraction of sp³-hybridized carbons (Fsp3) is 0. The highest BCUT2D eigenvalue weighted by Gasteiger charge is 2.12. The lowest BCUT2D eigenvalue weighted by molar-refractivity contribution is 1.53. The van der Waals surface area contributed by atoms with Gasteiger partial charge in [0.25, 0.3) is 0 Å². The third kappa shape index (κ3) is 1.65. The Morgan fingerprint density at radius 2 is 1.44 bits per heavy atom. The zero-order valence-corrected chi connectivity index (χ0v) is 9.80. The van der Waals surface area contributed by atoms with Gasteiger partial charge in [-0.15, -0.1) is 0 Å². The molecule has 3 rings (SSSR count). The maximum atomic E-state index is 8.89. The molecular formula is C17H11N. The van der Waals surface area contributed by atoms with Crippen molar-refractivity contribution in [2.45, 2.75) is 0 Å². The number of fused-ring (bicyclic) bond motifs is 3. The zero-order valence-electron chi connectivity index (χ0n) is 9.80. The summed E-state index contributed by atoms with van der Waals surface area (Å²) in [7, 11) is 0. The Morgan fingerprint density at radius 3 is 2.22 bits per heavy atom. The lowest BCUT2D eigenvalue weighted by Crippen LogP contribution is -1.86. The molecule has 0 amide bonds. The first-order valence-electron chi connectivity index (χ1n) is 5.87. The second kappa shape index (κ2) is 4.35. The Hall–Kier alpha value is -2.59.